The van der Waals surface area contributed by atoms with Crippen LogP contribution in [-0.2, 0) is 11.2 Å². The molecule has 0 spiro atoms. The van der Waals surface area contributed by atoms with Crippen LogP contribution in [0.15, 0.2) is 18.2 Å². The van der Waals surface area contributed by atoms with Crippen molar-refractivity contribution in [1.29, 1.82) is 0 Å². The number of aryl methyl sites for hydroxylation is 2. The molecule has 0 aromatic heterocycles. The van der Waals surface area contributed by atoms with E-state index in [0.29, 0.717) is 18.1 Å². The Hall–Kier alpha value is -1.15. The minimum atomic E-state index is 0.191. The Morgan fingerprint density at radius 1 is 1.41 bits per heavy atom. The van der Waals surface area contributed by atoms with Crippen molar-refractivity contribution in [2.45, 2.75) is 27.2 Å². The van der Waals surface area contributed by atoms with Gasteiger partial charge in [0.05, 0.1) is 0 Å². The van der Waals surface area contributed by atoms with E-state index in [-0.39, 0.29) is 5.92 Å². The van der Waals surface area contributed by atoms with E-state index >= 15 is 0 Å². The van der Waals surface area contributed by atoms with Crippen LogP contribution in [0.3, 0.4) is 0 Å². The molecule has 92 valence electrons. The van der Waals surface area contributed by atoms with Crippen LogP contribution in [0.5, 0.6) is 0 Å². The molecule has 2 nitrogen and oxygen atoms in total. The number of Topliss-reactive ketones (excluding diaryl/α,β-unsaturated/α-hetero) is 1. The zero-order valence-electron chi connectivity index (χ0n) is 10.9. The van der Waals surface area contributed by atoms with Crippen molar-refractivity contribution in [3.63, 3.8) is 0 Å². The molecule has 1 aliphatic heterocycles. The van der Waals surface area contributed by atoms with Crippen LogP contribution in [0.25, 0.3) is 0 Å². The normalized spacial score (nSPS) is 17.6. The zero-order valence-corrected chi connectivity index (χ0v) is 10.9. The van der Waals surface area contributed by atoms with Crippen molar-refractivity contribution in [3.05, 3.63) is 34.9 Å². The molecule has 0 bridgehead atoms. The minimum Gasteiger partial charge on any atom is -0.316 e. The molecule has 0 aliphatic carbocycles. The van der Waals surface area contributed by atoms with E-state index in [2.05, 4.69) is 44.3 Å². The fraction of sp³-hybridized carbons (Fsp3) is 0.533. The monoisotopic (exact) mass is 231 g/mol. The zero-order chi connectivity index (χ0) is 12.4. The molecule has 17 heavy (non-hydrogen) atoms. The van der Waals surface area contributed by atoms with E-state index in [0.717, 1.165) is 13.1 Å². The lowest BCUT2D eigenvalue weighted by molar-refractivity contribution is -0.123. The Morgan fingerprint density at radius 2 is 2.12 bits per heavy atom. The lowest BCUT2D eigenvalue weighted by Gasteiger charge is -2.31. The SMILES string of the molecule is Cc1ccc(C)c(CC(=O)C(C)C2CNC2)c1. The molecular formula is C15H21NO. The first-order valence-electron chi connectivity index (χ1n) is 6.37. The number of ketones is 1. The third-order valence-corrected chi connectivity index (χ3v) is 3.90. The van der Waals surface area contributed by atoms with Gasteiger partial charge in [0.25, 0.3) is 0 Å². The Balaban J connectivity index is 2.04. The summed E-state index contributed by atoms with van der Waals surface area (Å²) in [5.41, 5.74) is 3.65. The fourth-order valence-corrected chi connectivity index (χ4v) is 2.27. The molecule has 0 radical (unpaired) electrons. The average Bonchev–Trinajstić information content (AvgIpc) is 2.21. The molecule has 1 N–H and O–H groups in total. The highest BCUT2D eigenvalue weighted by Gasteiger charge is 2.28. The van der Waals surface area contributed by atoms with Gasteiger partial charge < -0.3 is 5.32 Å². The van der Waals surface area contributed by atoms with Crippen LogP contribution in [-0.4, -0.2) is 18.9 Å². The number of benzene rings is 1. The summed E-state index contributed by atoms with van der Waals surface area (Å²) in [5, 5.41) is 3.23. The Labute approximate surface area is 103 Å². The first-order chi connectivity index (χ1) is 8.08. The summed E-state index contributed by atoms with van der Waals surface area (Å²) in [6, 6.07) is 6.34. The second-order valence-electron chi connectivity index (χ2n) is 5.28. The van der Waals surface area contributed by atoms with Gasteiger partial charge in [-0.25, -0.2) is 0 Å². The second-order valence-corrected chi connectivity index (χ2v) is 5.28. The van der Waals surface area contributed by atoms with Crippen LogP contribution >= 0.6 is 0 Å². The predicted molar refractivity (Wildman–Crippen MR) is 70.2 cm³/mol. The minimum absolute atomic E-state index is 0.191. The summed E-state index contributed by atoms with van der Waals surface area (Å²) in [6.45, 7) is 8.22. The summed E-state index contributed by atoms with van der Waals surface area (Å²) >= 11 is 0. The number of carbonyl (C=O) groups is 1. The number of hydrogen-bond acceptors (Lipinski definition) is 2. The van der Waals surface area contributed by atoms with E-state index in [1.807, 2.05) is 0 Å². The van der Waals surface area contributed by atoms with Crippen LogP contribution in [0, 0.1) is 25.7 Å². The molecule has 1 aliphatic rings. The van der Waals surface area contributed by atoms with Gasteiger partial charge in [0.15, 0.2) is 0 Å². The van der Waals surface area contributed by atoms with Gasteiger partial charge in [-0.15, -0.1) is 0 Å². The van der Waals surface area contributed by atoms with Gasteiger partial charge in [-0.3, -0.25) is 4.79 Å². The van der Waals surface area contributed by atoms with Crippen molar-refractivity contribution >= 4 is 5.78 Å². The summed E-state index contributed by atoms with van der Waals surface area (Å²) in [5.74, 6) is 1.12. The molecule has 1 aromatic rings. The Kier molecular flexibility index (Phi) is 3.63. The average molecular weight is 231 g/mol. The molecule has 1 atom stereocenters. The molecule has 2 rings (SSSR count). The first kappa shape index (κ1) is 12.3. The number of hydrogen-bond donors (Lipinski definition) is 1. The van der Waals surface area contributed by atoms with Gasteiger partial charge in [0.1, 0.15) is 5.78 Å². The number of carbonyl (C=O) groups excluding carboxylic acids is 1. The van der Waals surface area contributed by atoms with E-state index in [1.165, 1.54) is 16.7 Å². The number of nitrogens with one attached hydrogen (secondary N) is 1. The highest BCUT2D eigenvalue weighted by molar-refractivity contribution is 5.83. The molecule has 0 saturated carbocycles. The Morgan fingerprint density at radius 3 is 2.71 bits per heavy atom. The summed E-state index contributed by atoms with van der Waals surface area (Å²) in [7, 11) is 0. The van der Waals surface area contributed by atoms with Gasteiger partial charge in [-0.2, -0.15) is 0 Å². The molecular weight excluding hydrogens is 210 g/mol. The van der Waals surface area contributed by atoms with Crippen molar-refractivity contribution < 1.29 is 4.79 Å². The molecule has 1 unspecified atom stereocenters. The van der Waals surface area contributed by atoms with Crippen LogP contribution in [0.4, 0.5) is 0 Å². The standard InChI is InChI=1S/C15H21NO/c1-10-4-5-11(2)13(6-10)7-15(17)12(3)14-8-16-9-14/h4-6,12,14,16H,7-9H2,1-3H3. The lowest BCUT2D eigenvalue weighted by atomic mass is 9.83. The summed E-state index contributed by atoms with van der Waals surface area (Å²) in [4.78, 5) is 12.2. The van der Waals surface area contributed by atoms with Gasteiger partial charge >= 0.3 is 0 Å². The van der Waals surface area contributed by atoms with Gasteiger partial charge in [-0.1, -0.05) is 30.7 Å². The molecule has 1 fully saturated rings. The van der Waals surface area contributed by atoms with E-state index in [9.17, 15) is 4.79 Å². The number of rotatable bonds is 4. The Bertz CT molecular complexity index is 421. The highest BCUT2D eigenvalue weighted by atomic mass is 16.1. The largest absolute Gasteiger partial charge is 0.316 e. The predicted octanol–water partition coefficient (Wildman–Crippen LogP) is 2.27. The summed E-state index contributed by atoms with van der Waals surface area (Å²) in [6.07, 6.45) is 0.588. The maximum Gasteiger partial charge on any atom is 0.140 e. The van der Waals surface area contributed by atoms with Crippen LogP contribution in [0.2, 0.25) is 0 Å². The molecule has 0 amide bonds. The third kappa shape index (κ3) is 2.75. The van der Waals surface area contributed by atoms with Gasteiger partial charge in [0.2, 0.25) is 0 Å². The topological polar surface area (TPSA) is 29.1 Å². The van der Waals surface area contributed by atoms with E-state index in [4.69, 9.17) is 0 Å². The fourth-order valence-electron chi connectivity index (χ4n) is 2.27. The smallest absolute Gasteiger partial charge is 0.140 e. The third-order valence-electron chi connectivity index (χ3n) is 3.90. The van der Waals surface area contributed by atoms with Gasteiger partial charge in [-0.05, 0) is 44.0 Å². The summed E-state index contributed by atoms with van der Waals surface area (Å²) < 4.78 is 0. The van der Waals surface area contributed by atoms with E-state index < -0.39 is 0 Å². The quantitative estimate of drug-likeness (QED) is 0.861. The van der Waals surface area contributed by atoms with Crippen LogP contribution < -0.4 is 5.32 Å². The van der Waals surface area contributed by atoms with Crippen molar-refractivity contribution in [2.24, 2.45) is 11.8 Å². The molecule has 1 heterocycles. The van der Waals surface area contributed by atoms with Crippen LogP contribution in [0.1, 0.15) is 23.6 Å². The first-order valence-corrected chi connectivity index (χ1v) is 6.37. The lowest BCUT2D eigenvalue weighted by Crippen LogP contribution is -2.47. The van der Waals surface area contributed by atoms with Crippen molar-refractivity contribution in [3.8, 4) is 0 Å². The molecule has 1 saturated heterocycles. The maximum atomic E-state index is 12.2. The highest BCUT2D eigenvalue weighted by Crippen LogP contribution is 2.20. The molecule has 2 heteroatoms. The van der Waals surface area contributed by atoms with Gasteiger partial charge in [0, 0.05) is 12.3 Å². The second kappa shape index (κ2) is 5.01. The van der Waals surface area contributed by atoms with E-state index in [1.54, 1.807) is 0 Å². The maximum absolute atomic E-state index is 12.2. The van der Waals surface area contributed by atoms with Crippen molar-refractivity contribution in [1.82, 2.24) is 5.32 Å². The molecule has 1 aromatic carbocycles. The van der Waals surface area contributed by atoms with Crippen molar-refractivity contribution in [2.75, 3.05) is 13.1 Å².